The first kappa shape index (κ1) is 53.4. The largest absolute Gasteiger partial charge is 0.356 e. The van der Waals surface area contributed by atoms with E-state index in [-0.39, 0.29) is 0 Å². The lowest BCUT2D eigenvalue weighted by molar-refractivity contribution is 0.135. The number of rotatable bonds is 48. The van der Waals surface area contributed by atoms with Crippen LogP contribution in [0.15, 0.2) is 12.4 Å². The van der Waals surface area contributed by atoms with Crippen LogP contribution in [0.1, 0.15) is 316 Å². The maximum Gasteiger partial charge on any atom is 0.101 e. The summed E-state index contributed by atoms with van der Waals surface area (Å²) < 4.78 is 0. The first-order valence-electron chi connectivity index (χ1n) is 27.0. The van der Waals surface area contributed by atoms with E-state index in [1.807, 2.05) is 0 Å². The van der Waals surface area contributed by atoms with Crippen LogP contribution < -0.4 is 0 Å². The number of unbranched alkanes of at least 4 members (excludes halogenated alkanes) is 42. The second-order valence-electron chi connectivity index (χ2n) is 18.9. The molecule has 1 aliphatic rings. The molecular weight excluding hydrogens is 677 g/mol. The Hall–Kier alpha value is -0.660. The molecule has 0 saturated carbocycles. The fourth-order valence-corrected chi connectivity index (χ4v) is 9.37. The van der Waals surface area contributed by atoms with E-state index in [0.29, 0.717) is 6.17 Å². The van der Waals surface area contributed by atoms with E-state index in [4.69, 9.17) is 0 Å². The van der Waals surface area contributed by atoms with Gasteiger partial charge in [0.2, 0.25) is 0 Å². The van der Waals surface area contributed by atoms with Crippen molar-refractivity contribution in [3.05, 3.63) is 12.4 Å². The van der Waals surface area contributed by atoms with E-state index in [0.717, 1.165) is 0 Å². The van der Waals surface area contributed by atoms with Crippen LogP contribution in [-0.4, -0.2) is 29.1 Å². The van der Waals surface area contributed by atoms with Crippen molar-refractivity contribution in [3.8, 4) is 0 Å². The Morgan fingerprint density at radius 1 is 0.232 bits per heavy atom. The molecule has 56 heavy (non-hydrogen) atoms. The normalized spacial score (nSPS) is 14.2. The van der Waals surface area contributed by atoms with E-state index in [1.165, 1.54) is 308 Å². The summed E-state index contributed by atoms with van der Waals surface area (Å²) in [6, 6.07) is 0. The summed E-state index contributed by atoms with van der Waals surface area (Å²) in [4.78, 5) is 5.49. The number of hydrogen-bond acceptors (Lipinski definition) is 2. The predicted molar refractivity (Wildman–Crippen MR) is 256 cm³/mol. The fourth-order valence-electron chi connectivity index (χ4n) is 9.37. The molecule has 0 bridgehead atoms. The fraction of sp³-hybridized carbons (Fsp3) is 0.963. The number of nitrogens with zero attached hydrogens (tertiary/aromatic N) is 2. The molecule has 0 amide bonds. The highest BCUT2D eigenvalue weighted by Crippen LogP contribution is 2.24. The van der Waals surface area contributed by atoms with Crippen molar-refractivity contribution in [2.45, 2.75) is 322 Å². The van der Waals surface area contributed by atoms with Gasteiger partial charge in [0.15, 0.2) is 0 Å². The zero-order valence-electron chi connectivity index (χ0n) is 39.6. The van der Waals surface area contributed by atoms with Crippen molar-refractivity contribution in [1.82, 2.24) is 9.80 Å². The Bertz CT molecular complexity index is 747. The zero-order chi connectivity index (χ0) is 40.1. The molecule has 0 saturated heterocycles. The molecule has 1 rings (SSSR count). The molecular formula is C54H108N2. The van der Waals surface area contributed by atoms with Gasteiger partial charge in [0.25, 0.3) is 0 Å². The highest BCUT2D eigenvalue weighted by atomic mass is 15.4. The second kappa shape index (κ2) is 45.4. The summed E-state index contributed by atoms with van der Waals surface area (Å²) in [5.74, 6) is 0. The lowest BCUT2D eigenvalue weighted by Crippen LogP contribution is -2.39. The Labute approximate surface area is 356 Å². The van der Waals surface area contributed by atoms with E-state index < -0.39 is 0 Å². The van der Waals surface area contributed by atoms with E-state index in [2.05, 4.69) is 43.0 Å². The topological polar surface area (TPSA) is 6.48 Å². The Morgan fingerprint density at radius 3 is 0.625 bits per heavy atom. The molecule has 0 aromatic carbocycles. The Balaban J connectivity index is 2.17. The third kappa shape index (κ3) is 36.4. The van der Waals surface area contributed by atoms with Crippen LogP contribution in [0, 0.1) is 0 Å². The second-order valence-corrected chi connectivity index (χ2v) is 18.9. The molecule has 0 aromatic rings. The smallest absolute Gasteiger partial charge is 0.101 e. The molecule has 0 spiro atoms. The van der Waals surface area contributed by atoms with Gasteiger partial charge < -0.3 is 9.80 Å². The zero-order valence-corrected chi connectivity index (χ0v) is 39.6. The van der Waals surface area contributed by atoms with Crippen LogP contribution in [0.2, 0.25) is 0 Å². The van der Waals surface area contributed by atoms with Gasteiger partial charge in [-0.15, -0.1) is 0 Å². The molecule has 0 N–H and O–H groups in total. The minimum Gasteiger partial charge on any atom is -0.356 e. The average Bonchev–Trinajstić information content (AvgIpc) is 3.59. The highest BCUT2D eigenvalue weighted by molar-refractivity contribution is 4.97. The molecule has 0 aromatic heterocycles. The predicted octanol–water partition coefficient (Wildman–Crippen LogP) is 19.4. The van der Waals surface area contributed by atoms with Crippen LogP contribution in [0.4, 0.5) is 0 Å². The minimum absolute atomic E-state index is 0.635. The van der Waals surface area contributed by atoms with Crippen LogP contribution in [0.5, 0.6) is 0 Å². The van der Waals surface area contributed by atoms with Crippen molar-refractivity contribution in [2.75, 3.05) is 13.1 Å². The van der Waals surface area contributed by atoms with Gasteiger partial charge in [0.1, 0.15) is 6.17 Å². The van der Waals surface area contributed by atoms with Crippen molar-refractivity contribution < 1.29 is 0 Å². The maximum atomic E-state index is 2.75. The van der Waals surface area contributed by atoms with E-state index in [9.17, 15) is 0 Å². The van der Waals surface area contributed by atoms with Gasteiger partial charge in [-0.05, 0) is 25.7 Å². The minimum atomic E-state index is 0.635. The molecule has 2 heteroatoms. The Morgan fingerprint density at radius 2 is 0.411 bits per heavy atom. The standard InChI is InChI=1S/C54H108N2/c1-4-7-10-13-16-19-22-25-27-29-31-33-36-39-42-45-48-51-56-53-52-55(54(56)49-46-43-40-37-34-24-21-18-15-12-9-6-3)50-47-44-41-38-35-32-30-28-26-23-20-17-14-11-8-5-2/h52-54H,4-51H2,1-3H3. The van der Waals surface area contributed by atoms with Gasteiger partial charge in [-0.25, -0.2) is 0 Å². The molecule has 0 aliphatic carbocycles. The quantitative estimate of drug-likeness (QED) is 0.0567. The molecule has 334 valence electrons. The summed E-state index contributed by atoms with van der Waals surface area (Å²) in [5, 5.41) is 0. The molecule has 1 heterocycles. The average molecular weight is 785 g/mol. The van der Waals surface area contributed by atoms with Crippen LogP contribution in [0.25, 0.3) is 0 Å². The van der Waals surface area contributed by atoms with Crippen molar-refractivity contribution >= 4 is 0 Å². The van der Waals surface area contributed by atoms with Gasteiger partial charge in [0, 0.05) is 25.5 Å². The summed E-state index contributed by atoms with van der Waals surface area (Å²) in [6.07, 6.45) is 72.3. The van der Waals surface area contributed by atoms with E-state index >= 15 is 0 Å². The van der Waals surface area contributed by atoms with Crippen molar-refractivity contribution in [3.63, 3.8) is 0 Å². The van der Waals surface area contributed by atoms with Crippen LogP contribution in [-0.2, 0) is 0 Å². The third-order valence-electron chi connectivity index (χ3n) is 13.3. The van der Waals surface area contributed by atoms with Gasteiger partial charge in [-0.2, -0.15) is 0 Å². The first-order chi connectivity index (χ1) is 27.8. The number of hydrogen-bond donors (Lipinski definition) is 0. The highest BCUT2D eigenvalue weighted by Gasteiger charge is 2.25. The summed E-state index contributed by atoms with van der Waals surface area (Å²) in [7, 11) is 0. The lowest BCUT2D eigenvalue weighted by Gasteiger charge is -2.33. The monoisotopic (exact) mass is 785 g/mol. The van der Waals surface area contributed by atoms with Gasteiger partial charge >= 0.3 is 0 Å². The summed E-state index contributed by atoms with van der Waals surface area (Å²) in [6.45, 7) is 9.50. The first-order valence-corrected chi connectivity index (χ1v) is 27.0. The van der Waals surface area contributed by atoms with Crippen molar-refractivity contribution in [1.29, 1.82) is 0 Å². The van der Waals surface area contributed by atoms with Gasteiger partial charge in [-0.3, -0.25) is 0 Å². The molecule has 1 aliphatic heterocycles. The molecule has 2 nitrogen and oxygen atoms in total. The van der Waals surface area contributed by atoms with Crippen LogP contribution >= 0.6 is 0 Å². The summed E-state index contributed by atoms with van der Waals surface area (Å²) >= 11 is 0. The van der Waals surface area contributed by atoms with Gasteiger partial charge in [0.05, 0.1) is 0 Å². The van der Waals surface area contributed by atoms with Crippen molar-refractivity contribution in [2.24, 2.45) is 0 Å². The lowest BCUT2D eigenvalue weighted by atomic mass is 10.0. The van der Waals surface area contributed by atoms with Gasteiger partial charge in [-0.1, -0.05) is 290 Å². The maximum absolute atomic E-state index is 2.75. The SMILES string of the molecule is CCCCCCCCCCCCCCCCCCCN1C=CN(CCCCCCCCCCCCCCCCCC)C1CCCCCCCCCCCCCC. The molecule has 1 atom stereocenters. The van der Waals surface area contributed by atoms with Crippen LogP contribution in [0.3, 0.4) is 0 Å². The molecule has 0 fully saturated rings. The van der Waals surface area contributed by atoms with E-state index in [1.54, 1.807) is 0 Å². The Kier molecular flexibility index (Phi) is 43.3. The third-order valence-corrected chi connectivity index (χ3v) is 13.3. The molecule has 0 radical (unpaired) electrons. The molecule has 1 unspecified atom stereocenters. The summed E-state index contributed by atoms with van der Waals surface area (Å²) in [5.41, 5.74) is 0.